The van der Waals surface area contributed by atoms with Gasteiger partial charge in [0.1, 0.15) is 5.75 Å². The van der Waals surface area contributed by atoms with Crippen LogP contribution in [0.1, 0.15) is 12.5 Å². The number of azo groups is 2. The van der Waals surface area contributed by atoms with Crippen LogP contribution in [0.5, 0.6) is 5.75 Å². The molecular weight excluding hydrogens is 372 g/mol. The van der Waals surface area contributed by atoms with Crippen molar-refractivity contribution in [3.8, 4) is 5.75 Å². The van der Waals surface area contributed by atoms with Crippen molar-refractivity contribution in [3.63, 3.8) is 0 Å². The molecule has 0 bridgehead atoms. The molecule has 0 aliphatic rings. The highest BCUT2D eigenvalue weighted by atomic mass is 16.5. The Bertz CT molecular complexity index is 1200. The molecule has 0 saturated heterocycles. The number of benzene rings is 4. The molecule has 148 valence electrons. The molecule has 0 atom stereocenters. The summed E-state index contributed by atoms with van der Waals surface area (Å²) in [7, 11) is 0. The first kappa shape index (κ1) is 19.5. The van der Waals surface area contributed by atoms with Gasteiger partial charge in [0.15, 0.2) is 0 Å². The number of aryl methyl sites for hydroxylation is 1. The summed E-state index contributed by atoms with van der Waals surface area (Å²) in [5, 5.41) is 19.6. The molecular formula is C25H22N4O. The highest BCUT2D eigenvalue weighted by Gasteiger charge is 2.05. The lowest BCUT2D eigenvalue weighted by atomic mass is 10.1. The summed E-state index contributed by atoms with van der Waals surface area (Å²) in [6.07, 6.45) is 0. The molecule has 4 aromatic carbocycles. The molecule has 0 amide bonds. The van der Waals surface area contributed by atoms with Crippen molar-refractivity contribution in [2.24, 2.45) is 20.5 Å². The molecule has 0 heterocycles. The lowest BCUT2D eigenvalue weighted by Crippen LogP contribution is -1.89. The Morgan fingerprint density at radius 3 is 1.60 bits per heavy atom. The number of ether oxygens (including phenoxy) is 1. The molecule has 5 heteroatoms. The van der Waals surface area contributed by atoms with Crippen LogP contribution in [-0.4, -0.2) is 6.61 Å². The minimum atomic E-state index is 0.639. The van der Waals surface area contributed by atoms with E-state index in [0.29, 0.717) is 6.61 Å². The standard InChI is InChI=1S/C25H22N4O/c1-3-30-21-14-12-20(13-15-21)27-29-25-17-16-24(22-6-4-5-7-23(22)25)28-26-19-10-8-18(2)9-11-19/h4-17H,3H2,1-2H3. The van der Waals surface area contributed by atoms with Gasteiger partial charge in [0, 0.05) is 10.8 Å². The van der Waals surface area contributed by atoms with E-state index in [4.69, 9.17) is 4.74 Å². The fraction of sp³-hybridized carbons (Fsp3) is 0.120. The molecule has 4 rings (SSSR count). The van der Waals surface area contributed by atoms with Gasteiger partial charge in [-0.15, -0.1) is 10.2 Å². The average molecular weight is 394 g/mol. The van der Waals surface area contributed by atoms with Crippen LogP contribution in [0.3, 0.4) is 0 Å². The van der Waals surface area contributed by atoms with E-state index in [2.05, 4.69) is 27.4 Å². The lowest BCUT2D eigenvalue weighted by molar-refractivity contribution is 0.340. The van der Waals surface area contributed by atoms with E-state index in [1.54, 1.807) is 0 Å². The van der Waals surface area contributed by atoms with E-state index >= 15 is 0 Å². The number of fused-ring (bicyclic) bond motifs is 1. The largest absolute Gasteiger partial charge is 0.494 e. The zero-order chi connectivity index (χ0) is 20.8. The summed E-state index contributed by atoms with van der Waals surface area (Å²) in [4.78, 5) is 0. The third kappa shape index (κ3) is 4.58. The summed E-state index contributed by atoms with van der Waals surface area (Å²) in [6, 6.07) is 27.4. The first-order valence-electron chi connectivity index (χ1n) is 9.88. The van der Waals surface area contributed by atoms with Crippen LogP contribution in [-0.2, 0) is 0 Å². The van der Waals surface area contributed by atoms with Crippen molar-refractivity contribution in [1.82, 2.24) is 0 Å². The van der Waals surface area contributed by atoms with Gasteiger partial charge in [-0.3, -0.25) is 0 Å². The van der Waals surface area contributed by atoms with Gasteiger partial charge in [-0.2, -0.15) is 10.2 Å². The van der Waals surface area contributed by atoms with Crippen LogP contribution in [0, 0.1) is 6.92 Å². The predicted octanol–water partition coefficient (Wildman–Crippen LogP) is 8.38. The minimum Gasteiger partial charge on any atom is -0.494 e. The number of hydrogen-bond acceptors (Lipinski definition) is 5. The summed E-state index contributed by atoms with van der Waals surface area (Å²) in [6.45, 7) is 4.65. The molecule has 4 aromatic rings. The van der Waals surface area contributed by atoms with Crippen LogP contribution < -0.4 is 4.74 Å². The maximum atomic E-state index is 5.46. The van der Waals surface area contributed by atoms with E-state index in [-0.39, 0.29) is 0 Å². The molecule has 30 heavy (non-hydrogen) atoms. The van der Waals surface area contributed by atoms with Gasteiger partial charge >= 0.3 is 0 Å². The Hall–Kier alpha value is -3.86. The van der Waals surface area contributed by atoms with E-state index in [9.17, 15) is 0 Å². The Morgan fingerprint density at radius 2 is 1.10 bits per heavy atom. The predicted molar refractivity (Wildman–Crippen MR) is 121 cm³/mol. The van der Waals surface area contributed by atoms with Crippen molar-refractivity contribution in [1.29, 1.82) is 0 Å². The zero-order valence-corrected chi connectivity index (χ0v) is 17.0. The van der Waals surface area contributed by atoms with Gasteiger partial charge in [0.25, 0.3) is 0 Å². The molecule has 0 spiro atoms. The Kier molecular flexibility index (Phi) is 5.90. The van der Waals surface area contributed by atoms with Crippen LogP contribution in [0.2, 0.25) is 0 Å². The summed E-state index contributed by atoms with van der Waals surface area (Å²) in [5.74, 6) is 0.824. The smallest absolute Gasteiger partial charge is 0.119 e. The van der Waals surface area contributed by atoms with Gasteiger partial charge in [0.2, 0.25) is 0 Å². The second kappa shape index (κ2) is 9.09. The van der Waals surface area contributed by atoms with Crippen molar-refractivity contribution in [2.45, 2.75) is 13.8 Å². The first-order chi connectivity index (χ1) is 14.7. The zero-order valence-electron chi connectivity index (χ0n) is 17.0. The van der Waals surface area contributed by atoms with Crippen molar-refractivity contribution >= 4 is 33.5 Å². The first-order valence-corrected chi connectivity index (χ1v) is 9.88. The van der Waals surface area contributed by atoms with Crippen molar-refractivity contribution < 1.29 is 4.74 Å². The Labute approximate surface area is 175 Å². The summed E-state index contributed by atoms with van der Waals surface area (Å²) >= 11 is 0. The molecule has 0 aliphatic heterocycles. The topological polar surface area (TPSA) is 58.7 Å². The molecule has 0 unspecified atom stereocenters. The number of hydrogen-bond donors (Lipinski definition) is 0. The van der Waals surface area contributed by atoms with Crippen LogP contribution in [0.15, 0.2) is 105 Å². The molecule has 0 saturated carbocycles. The van der Waals surface area contributed by atoms with E-state index in [1.807, 2.05) is 91.9 Å². The van der Waals surface area contributed by atoms with Gasteiger partial charge in [-0.25, -0.2) is 0 Å². The second-order valence-corrected chi connectivity index (χ2v) is 6.81. The molecule has 0 aliphatic carbocycles. The van der Waals surface area contributed by atoms with Gasteiger partial charge in [0.05, 0.1) is 29.4 Å². The van der Waals surface area contributed by atoms with Crippen molar-refractivity contribution in [3.05, 3.63) is 90.5 Å². The van der Waals surface area contributed by atoms with Crippen LogP contribution >= 0.6 is 0 Å². The van der Waals surface area contributed by atoms with E-state index in [0.717, 1.165) is 39.3 Å². The van der Waals surface area contributed by atoms with Gasteiger partial charge in [-0.1, -0.05) is 42.0 Å². The molecule has 5 nitrogen and oxygen atoms in total. The lowest BCUT2D eigenvalue weighted by Gasteiger charge is -2.05. The number of rotatable bonds is 6. The molecule has 0 aromatic heterocycles. The fourth-order valence-corrected chi connectivity index (χ4v) is 3.05. The maximum absolute atomic E-state index is 5.46. The SMILES string of the molecule is CCOc1ccc(N=Nc2ccc(N=Nc3ccc(C)cc3)c3ccccc23)cc1. The summed E-state index contributed by atoms with van der Waals surface area (Å²) < 4.78 is 5.46. The third-order valence-electron chi connectivity index (χ3n) is 4.61. The fourth-order valence-electron chi connectivity index (χ4n) is 3.05. The highest BCUT2D eigenvalue weighted by molar-refractivity contribution is 5.99. The normalized spacial score (nSPS) is 11.5. The average Bonchev–Trinajstić information content (AvgIpc) is 2.79. The summed E-state index contributed by atoms with van der Waals surface area (Å²) in [5.41, 5.74) is 4.37. The highest BCUT2D eigenvalue weighted by Crippen LogP contribution is 2.35. The Balaban J connectivity index is 1.62. The monoisotopic (exact) mass is 394 g/mol. The third-order valence-corrected chi connectivity index (χ3v) is 4.61. The number of nitrogens with zero attached hydrogens (tertiary/aromatic N) is 4. The Morgan fingerprint density at radius 1 is 0.600 bits per heavy atom. The van der Waals surface area contributed by atoms with E-state index < -0.39 is 0 Å². The van der Waals surface area contributed by atoms with E-state index in [1.165, 1.54) is 5.56 Å². The molecule has 0 radical (unpaired) electrons. The van der Waals surface area contributed by atoms with Crippen molar-refractivity contribution in [2.75, 3.05) is 6.61 Å². The van der Waals surface area contributed by atoms with Crippen LogP contribution in [0.4, 0.5) is 22.7 Å². The minimum absolute atomic E-state index is 0.639. The van der Waals surface area contributed by atoms with Gasteiger partial charge < -0.3 is 4.74 Å². The second-order valence-electron chi connectivity index (χ2n) is 6.81. The molecule has 0 N–H and O–H groups in total. The maximum Gasteiger partial charge on any atom is 0.119 e. The van der Waals surface area contributed by atoms with Gasteiger partial charge in [-0.05, 0) is 62.4 Å². The van der Waals surface area contributed by atoms with Crippen LogP contribution in [0.25, 0.3) is 10.8 Å². The molecule has 0 fully saturated rings. The quantitative estimate of drug-likeness (QED) is 0.303.